The van der Waals surface area contributed by atoms with Gasteiger partial charge < -0.3 is 4.74 Å². The summed E-state index contributed by atoms with van der Waals surface area (Å²) in [5.74, 6) is -1.19. The number of rotatable bonds is 4. The summed E-state index contributed by atoms with van der Waals surface area (Å²) >= 11 is 0. The molecule has 0 heterocycles. The number of esters is 1. The lowest BCUT2D eigenvalue weighted by Crippen LogP contribution is -2.12. The molecule has 0 aliphatic heterocycles. The van der Waals surface area contributed by atoms with E-state index in [1.165, 1.54) is 12.1 Å². The summed E-state index contributed by atoms with van der Waals surface area (Å²) in [4.78, 5) is 11.9. The summed E-state index contributed by atoms with van der Waals surface area (Å²) in [6.45, 7) is 1.92. The van der Waals surface area contributed by atoms with Gasteiger partial charge in [-0.2, -0.15) is 0 Å². The summed E-state index contributed by atoms with van der Waals surface area (Å²) in [7, 11) is 0. The van der Waals surface area contributed by atoms with Crippen molar-refractivity contribution in [3.8, 4) is 0 Å². The van der Waals surface area contributed by atoms with Crippen LogP contribution < -0.4 is 0 Å². The van der Waals surface area contributed by atoms with Crippen LogP contribution in [0.5, 0.6) is 0 Å². The molecule has 0 amide bonds. The van der Waals surface area contributed by atoms with E-state index in [1.807, 2.05) is 37.3 Å². The maximum Gasteiger partial charge on any atom is 0.341 e. The average Bonchev–Trinajstić information content (AvgIpc) is 2.46. The van der Waals surface area contributed by atoms with E-state index in [-0.39, 0.29) is 11.7 Å². The van der Waals surface area contributed by atoms with Crippen LogP contribution in [0.2, 0.25) is 0 Å². The first-order valence-corrected chi connectivity index (χ1v) is 6.22. The fourth-order valence-corrected chi connectivity index (χ4v) is 1.87. The number of hydrogen-bond acceptors (Lipinski definition) is 2. The van der Waals surface area contributed by atoms with E-state index in [9.17, 15) is 9.18 Å². The van der Waals surface area contributed by atoms with E-state index >= 15 is 0 Å². The number of ether oxygens (including phenoxy) is 1. The quantitative estimate of drug-likeness (QED) is 0.771. The molecular formula is C16H15FO2. The van der Waals surface area contributed by atoms with Gasteiger partial charge in [0.05, 0.1) is 5.56 Å². The first-order valence-electron chi connectivity index (χ1n) is 6.22. The van der Waals surface area contributed by atoms with E-state index in [1.54, 1.807) is 12.1 Å². The predicted molar refractivity (Wildman–Crippen MR) is 71.3 cm³/mol. The Kier molecular flexibility index (Phi) is 4.29. The third kappa shape index (κ3) is 3.19. The normalized spacial score (nSPS) is 11.9. The van der Waals surface area contributed by atoms with Crippen LogP contribution in [-0.4, -0.2) is 5.97 Å². The van der Waals surface area contributed by atoms with Crippen molar-refractivity contribution in [3.05, 3.63) is 71.5 Å². The minimum absolute atomic E-state index is 0.0307. The lowest BCUT2D eigenvalue weighted by atomic mass is 10.1. The third-order valence-electron chi connectivity index (χ3n) is 2.89. The largest absolute Gasteiger partial charge is 0.454 e. The van der Waals surface area contributed by atoms with Gasteiger partial charge in [0.2, 0.25) is 0 Å². The molecule has 0 bridgehead atoms. The van der Waals surface area contributed by atoms with Crippen molar-refractivity contribution in [1.29, 1.82) is 0 Å². The van der Waals surface area contributed by atoms with Crippen molar-refractivity contribution in [1.82, 2.24) is 0 Å². The molecule has 0 saturated heterocycles. The summed E-state index contributed by atoms with van der Waals surface area (Å²) in [6.07, 6.45) is 0.290. The van der Waals surface area contributed by atoms with Crippen molar-refractivity contribution < 1.29 is 13.9 Å². The molecule has 0 aliphatic rings. The Bertz CT molecular complexity index is 552. The highest BCUT2D eigenvalue weighted by atomic mass is 19.1. The number of carbonyl (C=O) groups is 1. The van der Waals surface area contributed by atoms with Crippen LogP contribution in [0.25, 0.3) is 0 Å². The van der Waals surface area contributed by atoms with Crippen molar-refractivity contribution >= 4 is 5.97 Å². The van der Waals surface area contributed by atoms with E-state index in [0.29, 0.717) is 6.42 Å². The molecule has 0 aliphatic carbocycles. The van der Waals surface area contributed by atoms with E-state index in [0.717, 1.165) is 5.56 Å². The summed E-state index contributed by atoms with van der Waals surface area (Å²) in [6, 6.07) is 15.3. The Morgan fingerprint density at radius 2 is 1.74 bits per heavy atom. The Morgan fingerprint density at radius 3 is 2.37 bits per heavy atom. The zero-order valence-corrected chi connectivity index (χ0v) is 10.7. The lowest BCUT2D eigenvalue weighted by molar-refractivity contribution is 0.0282. The molecule has 2 rings (SSSR count). The summed E-state index contributed by atoms with van der Waals surface area (Å²) in [5.41, 5.74) is 0.881. The van der Waals surface area contributed by atoms with Crippen LogP contribution >= 0.6 is 0 Å². The molecule has 0 saturated carbocycles. The molecular weight excluding hydrogens is 243 g/mol. The molecule has 0 aromatic heterocycles. The first kappa shape index (κ1) is 13.3. The zero-order chi connectivity index (χ0) is 13.7. The molecule has 0 N–H and O–H groups in total. The highest BCUT2D eigenvalue weighted by Crippen LogP contribution is 2.22. The van der Waals surface area contributed by atoms with E-state index in [4.69, 9.17) is 4.74 Å². The molecule has 2 aromatic rings. The predicted octanol–water partition coefficient (Wildman–Crippen LogP) is 4.13. The molecule has 0 fully saturated rings. The van der Waals surface area contributed by atoms with Gasteiger partial charge in [0, 0.05) is 0 Å². The minimum Gasteiger partial charge on any atom is -0.454 e. The molecule has 98 valence electrons. The second kappa shape index (κ2) is 6.14. The van der Waals surface area contributed by atoms with Crippen LogP contribution in [0.1, 0.15) is 35.4 Å². The first-order chi connectivity index (χ1) is 9.22. The lowest BCUT2D eigenvalue weighted by Gasteiger charge is -2.16. The van der Waals surface area contributed by atoms with Gasteiger partial charge in [0.15, 0.2) is 0 Å². The molecule has 3 heteroatoms. The fourth-order valence-electron chi connectivity index (χ4n) is 1.87. The van der Waals surface area contributed by atoms with Crippen molar-refractivity contribution in [2.24, 2.45) is 0 Å². The Hall–Kier alpha value is -2.16. The Morgan fingerprint density at radius 1 is 1.11 bits per heavy atom. The van der Waals surface area contributed by atoms with Crippen LogP contribution in [-0.2, 0) is 4.74 Å². The molecule has 1 atom stereocenters. The summed E-state index contributed by atoms with van der Waals surface area (Å²) < 4.78 is 18.9. The molecule has 0 spiro atoms. The van der Waals surface area contributed by atoms with E-state index in [2.05, 4.69) is 0 Å². The molecule has 2 nitrogen and oxygen atoms in total. The van der Waals surface area contributed by atoms with Gasteiger partial charge in [-0.3, -0.25) is 0 Å². The smallest absolute Gasteiger partial charge is 0.341 e. The molecule has 0 radical (unpaired) electrons. The summed E-state index contributed by atoms with van der Waals surface area (Å²) in [5, 5.41) is 0. The van der Waals surface area contributed by atoms with Crippen molar-refractivity contribution in [3.63, 3.8) is 0 Å². The van der Waals surface area contributed by atoms with Crippen LogP contribution in [0.3, 0.4) is 0 Å². The van der Waals surface area contributed by atoms with E-state index < -0.39 is 11.8 Å². The average molecular weight is 258 g/mol. The number of benzene rings is 2. The molecule has 2 aromatic carbocycles. The highest BCUT2D eigenvalue weighted by molar-refractivity contribution is 5.89. The monoisotopic (exact) mass is 258 g/mol. The van der Waals surface area contributed by atoms with Gasteiger partial charge >= 0.3 is 5.97 Å². The van der Waals surface area contributed by atoms with Crippen molar-refractivity contribution in [2.45, 2.75) is 19.4 Å². The third-order valence-corrected chi connectivity index (χ3v) is 2.89. The second-order valence-corrected chi connectivity index (χ2v) is 4.19. The minimum atomic E-state index is -0.631. The second-order valence-electron chi connectivity index (χ2n) is 4.19. The number of hydrogen-bond donors (Lipinski definition) is 0. The van der Waals surface area contributed by atoms with Gasteiger partial charge in [0.25, 0.3) is 0 Å². The molecule has 19 heavy (non-hydrogen) atoms. The van der Waals surface area contributed by atoms with Gasteiger partial charge in [-0.1, -0.05) is 49.4 Å². The SMILES string of the molecule is CCC(OC(=O)c1ccccc1F)c1ccccc1. The van der Waals surface area contributed by atoms with Crippen LogP contribution in [0, 0.1) is 5.82 Å². The number of halogens is 1. The maximum absolute atomic E-state index is 13.5. The Balaban J connectivity index is 2.16. The van der Waals surface area contributed by atoms with Gasteiger partial charge in [0.1, 0.15) is 11.9 Å². The zero-order valence-electron chi connectivity index (χ0n) is 10.7. The van der Waals surface area contributed by atoms with Crippen LogP contribution in [0.4, 0.5) is 4.39 Å². The molecule has 1 unspecified atom stereocenters. The standard InChI is InChI=1S/C16H15FO2/c1-2-15(12-8-4-3-5-9-12)19-16(18)13-10-6-7-11-14(13)17/h3-11,15H,2H2,1H3. The van der Waals surface area contributed by atoms with Gasteiger partial charge in [-0.15, -0.1) is 0 Å². The topological polar surface area (TPSA) is 26.3 Å². The van der Waals surface area contributed by atoms with Crippen molar-refractivity contribution in [2.75, 3.05) is 0 Å². The fraction of sp³-hybridized carbons (Fsp3) is 0.188. The highest BCUT2D eigenvalue weighted by Gasteiger charge is 2.18. The van der Waals surface area contributed by atoms with Gasteiger partial charge in [-0.25, -0.2) is 9.18 Å². The van der Waals surface area contributed by atoms with Crippen LogP contribution in [0.15, 0.2) is 54.6 Å². The van der Waals surface area contributed by atoms with Gasteiger partial charge in [-0.05, 0) is 24.1 Å². The number of carbonyl (C=O) groups excluding carboxylic acids is 1. The maximum atomic E-state index is 13.5. The Labute approximate surface area is 111 Å².